The van der Waals surface area contributed by atoms with Gasteiger partial charge in [-0.25, -0.2) is 9.97 Å². The van der Waals surface area contributed by atoms with Gasteiger partial charge in [0, 0.05) is 25.7 Å². The summed E-state index contributed by atoms with van der Waals surface area (Å²) in [6, 6.07) is 14.4. The Morgan fingerprint density at radius 2 is 1.71 bits per heavy atom. The molecule has 7 heteroatoms. The molecule has 0 saturated heterocycles. The van der Waals surface area contributed by atoms with Crippen LogP contribution in [0.4, 0.5) is 11.6 Å². The summed E-state index contributed by atoms with van der Waals surface area (Å²) in [6.07, 6.45) is 0. The van der Waals surface area contributed by atoms with Gasteiger partial charge in [0.1, 0.15) is 5.75 Å². The highest BCUT2D eigenvalue weighted by molar-refractivity contribution is 5.98. The van der Waals surface area contributed by atoms with Crippen molar-refractivity contribution in [3.8, 4) is 5.75 Å². The largest absolute Gasteiger partial charge is 0.484 e. The topological polar surface area (TPSA) is 75.6 Å². The van der Waals surface area contributed by atoms with E-state index in [1.165, 1.54) is 6.92 Å². The van der Waals surface area contributed by atoms with Gasteiger partial charge in [0.05, 0.1) is 11.0 Å². The number of amides is 1. The number of para-hydroxylation sites is 2. The molecule has 2 heterocycles. The molecule has 0 saturated carbocycles. The molecule has 142 valence electrons. The van der Waals surface area contributed by atoms with Gasteiger partial charge < -0.3 is 9.64 Å². The number of likely N-dealkylation sites (N-methyl/N-ethyl adjacent to an activating group) is 1. The summed E-state index contributed by atoms with van der Waals surface area (Å²) in [5, 5.41) is 0. The number of anilines is 2. The number of fused-ring (bicyclic) bond motifs is 2. The van der Waals surface area contributed by atoms with Crippen molar-refractivity contribution in [2.45, 2.75) is 6.92 Å². The number of ketones is 1. The summed E-state index contributed by atoms with van der Waals surface area (Å²) in [4.78, 5) is 37.3. The van der Waals surface area contributed by atoms with Crippen LogP contribution in [0.1, 0.15) is 17.3 Å². The van der Waals surface area contributed by atoms with Crippen molar-refractivity contribution in [3.05, 3.63) is 54.1 Å². The molecule has 0 fully saturated rings. The number of nitrogens with zero attached hydrogens (tertiary/aromatic N) is 4. The minimum atomic E-state index is -0.202. The predicted octanol–water partition coefficient (Wildman–Crippen LogP) is 2.69. The van der Waals surface area contributed by atoms with Crippen molar-refractivity contribution in [2.75, 3.05) is 36.5 Å². The molecule has 1 aliphatic heterocycles. The fourth-order valence-corrected chi connectivity index (χ4v) is 3.15. The molecule has 28 heavy (non-hydrogen) atoms. The normalized spacial score (nSPS) is 13.4. The van der Waals surface area contributed by atoms with E-state index in [9.17, 15) is 9.59 Å². The Hall–Kier alpha value is -3.48. The average molecular weight is 376 g/mol. The molecule has 4 rings (SSSR count). The Kier molecular flexibility index (Phi) is 4.65. The van der Waals surface area contributed by atoms with Crippen LogP contribution in [-0.4, -0.2) is 48.4 Å². The van der Waals surface area contributed by atoms with Crippen LogP contribution in [0.25, 0.3) is 11.0 Å². The van der Waals surface area contributed by atoms with E-state index in [1.807, 2.05) is 36.2 Å². The fraction of sp³-hybridized carbons (Fsp3) is 0.238. The standard InChI is InChI=1S/C21H20N4O3/c1-14(26)15-6-5-7-16(12-15)28-13-19(27)25-11-10-24(2)20-21(25)23-18-9-4-3-8-17(18)22-20/h3-9,12H,10-11,13H2,1-2H3. The van der Waals surface area contributed by atoms with E-state index in [1.54, 1.807) is 29.2 Å². The number of ether oxygens (including phenoxy) is 1. The summed E-state index contributed by atoms with van der Waals surface area (Å²) < 4.78 is 5.64. The molecule has 0 spiro atoms. The molecule has 1 aliphatic rings. The van der Waals surface area contributed by atoms with Crippen LogP contribution < -0.4 is 14.5 Å². The lowest BCUT2D eigenvalue weighted by atomic mass is 10.1. The highest BCUT2D eigenvalue weighted by atomic mass is 16.5. The summed E-state index contributed by atoms with van der Waals surface area (Å²) >= 11 is 0. The van der Waals surface area contributed by atoms with Crippen molar-refractivity contribution >= 4 is 34.4 Å². The maximum absolute atomic E-state index is 12.8. The number of rotatable bonds is 4. The monoisotopic (exact) mass is 376 g/mol. The second-order valence-corrected chi connectivity index (χ2v) is 6.70. The van der Waals surface area contributed by atoms with Gasteiger partial charge in [-0.3, -0.25) is 14.5 Å². The number of benzene rings is 2. The van der Waals surface area contributed by atoms with Crippen LogP contribution >= 0.6 is 0 Å². The number of carbonyl (C=O) groups is 2. The molecule has 0 radical (unpaired) electrons. The third-order valence-electron chi connectivity index (χ3n) is 4.71. The van der Waals surface area contributed by atoms with E-state index in [2.05, 4.69) is 9.97 Å². The Labute approximate surface area is 162 Å². The molecule has 0 atom stereocenters. The third kappa shape index (κ3) is 3.38. The highest BCUT2D eigenvalue weighted by Gasteiger charge is 2.28. The zero-order valence-electron chi connectivity index (χ0n) is 15.8. The van der Waals surface area contributed by atoms with Crippen molar-refractivity contribution in [2.24, 2.45) is 0 Å². The van der Waals surface area contributed by atoms with Crippen LogP contribution in [0.5, 0.6) is 5.75 Å². The highest BCUT2D eigenvalue weighted by Crippen LogP contribution is 2.30. The lowest BCUT2D eigenvalue weighted by molar-refractivity contribution is -0.120. The van der Waals surface area contributed by atoms with Crippen molar-refractivity contribution in [1.29, 1.82) is 0 Å². The zero-order valence-corrected chi connectivity index (χ0v) is 15.8. The second-order valence-electron chi connectivity index (χ2n) is 6.70. The SMILES string of the molecule is CC(=O)c1cccc(OCC(=O)N2CCN(C)c3nc4ccccc4nc32)c1. The number of hydrogen-bond acceptors (Lipinski definition) is 6. The van der Waals surface area contributed by atoms with Crippen LogP contribution in [0.2, 0.25) is 0 Å². The van der Waals surface area contributed by atoms with Gasteiger partial charge in [-0.1, -0.05) is 24.3 Å². The second kappa shape index (κ2) is 7.26. The van der Waals surface area contributed by atoms with E-state index in [-0.39, 0.29) is 18.3 Å². The van der Waals surface area contributed by atoms with Gasteiger partial charge in [0.2, 0.25) is 0 Å². The molecular weight excluding hydrogens is 356 g/mol. The minimum absolute atomic E-state index is 0.0491. The first-order valence-corrected chi connectivity index (χ1v) is 9.05. The third-order valence-corrected chi connectivity index (χ3v) is 4.71. The fourth-order valence-electron chi connectivity index (χ4n) is 3.15. The molecule has 7 nitrogen and oxygen atoms in total. The quantitative estimate of drug-likeness (QED) is 0.652. The van der Waals surface area contributed by atoms with E-state index >= 15 is 0 Å². The first-order valence-electron chi connectivity index (χ1n) is 9.05. The lowest BCUT2D eigenvalue weighted by Gasteiger charge is -2.33. The van der Waals surface area contributed by atoms with Gasteiger partial charge in [0.25, 0.3) is 5.91 Å². The van der Waals surface area contributed by atoms with Gasteiger partial charge in [-0.2, -0.15) is 0 Å². The Morgan fingerprint density at radius 1 is 1.00 bits per heavy atom. The summed E-state index contributed by atoms with van der Waals surface area (Å²) in [6.45, 7) is 2.52. The zero-order chi connectivity index (χ0) is 19.7. The Morgan fingerprint density at radius 3 is 2.43 bits per heavy atom. The molecular formula is C21H20N4O3. The van der Waals surface area contributed by atoms with Gasteiger partial charge in [-0.05, 0) is 31.2 Å². The van der Waals surface area contributed by atoms with E-state index in [4.69, 9.17) is 4.74 Å². The van der Waals surface area contributed by atoms with E-state index in [0.717, 1.165) is 11.0 Å². The van der Waals surface area contributed by atoms with Gasteiger partial charge in [0.15, 0.2) is 24.0 Å². The molecule has 0 bridgehead atoms. The summed E-state index contributed by atoms with van der Waals surface area (Å²) in [5.74, 6) is 1.45. The summed E-state index contributed by atoms with van der Waals surface area (Å²) in [7, 11) is 1.94. The molecule has 0 unspecified atom stereocenters. The number of aromatic nitrogens is 2. The van der Waals surface area contributed by atoms with Gasteiger partial charge in [-0.15, -0.1) is 0 Å². The molecule has 2 aromatic carbocycles. The molecule has 3 aromatic rings. The van der Waals surface area contributed by atoms with Crippen LogP contribution in [0.15, 0.2) is 48.5 Å². The van der Waals surface area contributed by atoms with Gasteiger partial charge >= 0.3 is 0 Å². The molecule has 0 aliphatic carbocycles. The maximum atomic E-state index is 12.8. The molecule has 1 amide bonds. The summed E-state index contributed by atoms with van der Waals surface area (Å²) in [5.41, 5.74) is 2.08. The van der Waals surface area contributed by atoms with Crippen LogP contribution in [0.3, 0.4) is 0 Å². The smallest absolute Gasteiger partial charge is 0.266 e. The number of Topliss-reactive ketones (excluding diaryl/α,β-unsaturated/α-hetero) is 1. The van der Waals surface area contributed by atoms with Crippen LogP contribution in [0, 0.1) is 0 Å². The van der Waals surface area contributed by atoms with Crippen molar-refractivity contribution in [3.63, 3.8) is 0 Å². The molecule has 1 aromatic heterocycles. The average Bonchev–Trinajstić information content (AvgIpc) is 2.71. The maximum Gasteiger partial charge on any atom is 0.266 e. The number of carbonyl (C=O) groups excluding carboxylic acids is 2. The Balaban J connectivity index is 1.57. The first kappa shape index (κ1) is 17.9. The van der Waals surface area contributed by atoms with E-state index in [0.29, 0.717) is 36.0 Å². The number of hydrogen-bond donors (Lipinski definition) is 0. The van der Waals surface area contributed by atoms with Crippen molar-refractivity contribution in [1.82, 2.24) is 9.97 Å². The lowest BCUT2D eigenvalue weighted by Crippen LogP contribution is -2.45. The minimum Gasteiger partial charge on any atom is -0.484 e. The van der Waals surface area contributed by atoms with Crippen molar-refractivity contribution < 1.29 is 14.3 Å². The van der Waals surface area contributed by atoms with Crippen LogP contribution in [-0.2, 0) is 4.79 Å². The Bertz CT molecular complexity index is 1070. The van der Waals surface area contributed by atoms with E-state index < -0.39 is 0 Å². The first-order chi connectivity index (χ1) is 13.5. The molecule has 0 N–H and O–H groups in total. The predicted molar refractivity (Wildman–Crippen MR) is 107 cm³/mol.